The minimum Gasteiger partial charge on any atom is -0.394 e. The smallest absolute Gasteiger partial charge is 0.149 e. The number of anilines is 1. The fourth-order valence-corrected chi connectivity index (χ4v) is 1.61. The van der Waals surface area contributed by atoms with Crippen molar-refractivity contribution in [3.05, 3.63) is 53.1 Å². The second kappa shape index (κ2) is 4.10. The quantitative estimate of drug-likeness (QED) is 0.751. The molecule has 16 heavy (non-hydrogen) atoms. The third-order valence-electron chi connectivity index (χ3n) is 2.24. The number of hydrogen-bond donors (Lipinski definition) is 1. The first-order valence-electron chi connectivity index (χ1n) is 4.58. The molecule has 0 spiro atoms. The van der Waals surface area contributed by atoms with Gasteiger partial charge in [-0.25, -0.2) is 8.78 Å². The number of halogens is 3. The SMILES string of the molecule is Nc1c(F)cc(-c2cccc(Cl)c2)cc1F. The van der Waals surface area contributed by atoms with Gasteiger partial charge in [-0.05, 0) is 35.4 Å². The van der Waals surface area contributed by atoms with Gasteiger partial charge in [0.15, 0.2) is 0 Å². The first-order chi connectivity index (χ1) is 7.58. The summed E-state index contributed by atoms with van der Waals surface area (Å²) in [6.45, 7) is 0. The van der Waals surface area contributed by atoms with Crippen molar-refractivity contribution in [3.8, 4) is 11.1 Å². The molecule has 0 aromatic heterocycles. The van der Waals surface area contributed by atoms with Crippen molar-refractivity contribution in [2.45, 2.75) is 0 Å². The van der Waals surface area contributed by atoms with Crippen LogP contribution in [0, 0.1) is 11.6 Å². The van der Waals surface area contributed by atoms with Crippen LogP contribution < -0.4 is 5.73 Å². The maximum atomic E-state index is 13.2. The van der Waals surface area contributed by atoms with E-state index in [9.17, 15) is 8.78 Å². The van der Waals surface area contributed by atoms with Crippen LogP contribution in [0.4, 0.5) is 14.5 Å². The van der Waals surface area contributed by atoms with Gasteiger partial charge in [-0.3, -0.25) is 0 Å². The Hall–Kier alpha value is -1.61. The Morgan fingerprint density at radius 3 is 2.12 bits per heavy atom. The van der Waals surface area contributed by atoms with Gasteiger partial charge < -0.3 is 5.73 Å². The van der Waals surface area contributed by atoms with Gasteiger partial charge >= 0.3 is 0 Å². The predicted molar refractivity (Wildman–Crippen MR) is 61.2 cm³/mol. The summed E-state index contributed by atoms with van der Waals surface area (Å²) in [7, 11) is 0. The zero-order valence-electron chi connectivity index (χ0n) is 8.18. The Labute approximate surface area is 96.5 Å². The molecule has 1 nitrogen and oxygen atoms in total. The molecule has 2 aromatic rings. The molecule has 0 aliphatic rings. The molecule has 0 unspecified atom stereocenters. The second-order valence-electron chi connectivity index (χ2n) is 3.36. The molecule has 0 aliphatic heterocycles. The third-order valence-corrected chi connectivity index (χ3v) is 2.47. The van der Waals surface area contributed by atoms with Gasteiger partial charge in [0.05, 0.1) is 0 Å². The number of rotatable bonds is 1. The molecular weight excluding hydrogens is 232 g/mol. The summed E-state index contributed by atoms with van der Waals surface area (Å²) in [5, 5.41) is 0.509. The van der Waals surface area contributed by atoms with Crippen LogP contribution in [0.25, 0.3) is 11.1 Å². The summed E-state index contributed by atoms with van der Waals surface area (Å²) in [4.78, 5) is 0. The largest absolute Gasteiger partial charge is 0.394 e. The van der Waals surface area contributed by atoms with Crippen molar-refractivity contribution in [2.24, 2.45) is 0 Å². The molecule has 2 rings (SSSR count). The summed E-state index contributed by atoms with van der Waals surface area (Å²) < 4.78 is 26.5. The maximum Gasteiger partial charge on any atom is 0.149 e. The molecule has 0 radical (unpaired) electrons. The van der Waals surface area contributed by atoms with Gasteiger partial charge in [0.1, 0.15) is 17.3 Å². The third kappa shape index (κ3) is 1.99. The highest BCUT2D eigenvalue weighted by molar-refractivity contribution is 6.30. The van der Waals surface area contributed by atoms with Gasteiger partial charge in [0.25, 0.3) is 0 Å². The lowest BCUT2D eigenvalue weighted by molar-refractivity contribution is 0.592. The van der Waals surface area contributed by atoms with E-state index in [0.717, 1.165) is 0 Å². The van der Waals surface area contributed by atoms with E-state index in [1.54, 1.807) is 24.3 Å². The highest BCUT2D eigenvalue weighted by Crippen LogP contribution is 2.27. The average Bonchev–Trinajstić information content (AvgIpc) is 2.25. The lowest BCUT2D eigenvalue weighted by Gasteiger charge is -2.05. The molecular formula is C12H8ClF2N. The van der Waals surface area contributed by atoms with Crippen molar-refractivity contribution in [1.29, 1.82) is 0 Å². The fourth-order valence-electron chi connectivity index (χ4n) is 1.42. The molecule has 2 aromatic carbocycles. The second-order valence-corrected chi connectivity index (χ2v) is 3.80. The van der Waals surface area contributed by atoms with Crippen molar-refractivity contribution < 1.29 is 8.78 Å². The summed E-state index contributed by atoms with van der Waals surface area (Å²) >= 11 is 5.79. The van der Waals surface area contributed by atoms with E-state index in [1.807, 2.05) is 0 Å². The average molecular weight is 240 g/mol. The predicted octanol–water partition coefficient (Wildman–Crippen LogP) is 3.87. The van der Waals surface area contributed by atoms with Crippen molar-refractivity contribution in [3.63, 3.8) is 0 Å². The number of benzene rings is 2. The lowest BCUT2D eigenvalue weighted by atomic mass is 10.0. The molecule has 4 heteroatoms. The van der Waals surface area contributed by atoms with Gasteiger partial charge in [-0.2, -0.15) is 0 Å². The van der Waals surface area contributed by atoms with E-state index < -0.39 is 17.3 Å². The minimum atomic E-state index is -0.769. The topological polar surface area (TPSA) is 26.0 Å². The van der Waals surface area contributed by atoms with E-state index in [0.29, 0.717) is 16.1 Å². The van der Waals surface area contributed by atoms with Gasteiger partial charge in [-0.15, -0.1) is 0 Å². The Morgan fingerprint density at radius 1 is 0.938 bits per heavy atom. The van der Waals surface area contributed by atoms with E-state index in [-0.39, 0.29) is 0 Å². The van der Waals surface area contributed by atoms with Gasteiger partial charge in [-0.1, -0.05) is 23.7 Å². The molecule has 0 bridgehead atoms. The molecule has 0 atom stereocenters. The number of hydrogen-bond acceptors (Lipinski definition) is 1. The van der Waals surface area contributed by atoms with Gasteiger partial charge in [0, 0.05) is 5.02 Å². The first-order valence-corrected chi connectivity index (χ1v) is 4.96. The lowest BCUT2D eigenvalue weighted by Crippen LogP contribution is -1.95. The van der Waals surface area contributed by atoms with E-state index in [4.69, 9.17) is 17.3 Å². The zero-order chi connectivity index (χ0) is 11.7. The molecule has 82 valence electrons. The fraction of sp³-hybridized carbons (Fsp3) is 0. The normalized spacial score (nSPS) is 10.4. The summed E-state index contributed by atoms with van der Waals surface area (Å²) in [5.41, 5.74) is 5.77. The molecule has 0 amide bonds. The van der Waals surface area contributed by atoms with E-state index >= 15 is 0 Å². The van der Waals surface area contributed by atoms with Crippen molar-refractivity contribution in [2.75, 3.05) is 5.73 Å². The maximum absolute atomic E-state index is 13.2. The summed E-state index contributed by atoms with van der Waals surface area (Å²) in [5.74, 6) is -1.54. The standard InChI is InChI=1S/C12H8ClF2N/c13-9-3-1-2-7(4-9)8-5-10(14)12(16)11(15)6-8/h1-6H,16H2. The van der Waals surface area contributed by atoms with Crippen molar-refractivity contribution >= 4 is 17.3 Å². The summed E-state index contributed by atoms with van der Waals surface area (Å²) in [6, 6.07) is 9.12. The van der Waals surface area contributed by atoms with Crippen molar-refractivity contribution in [1.82, 2.24) is 0 Å². The van der Waals surface area contributed by atoms with Crippen LogP contribution in [0.2, 0.25) is 5.02 Å². The molecule has 0 fully saturated rings. The van der Waals surface area contributed by atoms with Crippen LogP contribution in [0.15, 0.2) is 36.4 Å². The van der Waals surface area contributed by atoms with Crippen LogP contribution in [-0.4, -0.2) is 0 Å². The monoisotopic (exact) mass is 239 g/mol. The highest BCUT2D eigenvalue weighted by atomic mass is 35.5. The Bertz CT molecular complexity index is 517. The van der Waals surface area contributed by atoms with Crippen LogP contribution >= 0.6 is 11.6 Å². The minimum absolute atomic E-state index is 0.409. The van der Waals surface area contributed by atoms with Crippen LogP contribution in [0.5, 0.6) is 0 Å². The Balaban J connectivity index is 2.57. The number of nitrogen functional groups attached to an aromatic ring is 1. The molecule has 0 saturated carbocycles. The van der Waals surface area contributed by atoms with Crippen LogP contribution in [0.3, 0.4) is 0 Å². The molecule has 0 aliphatic carbocycles. The first kappa shape index (κ1) is 10.9. The van der Waals surface area contributed by atoms with Crippen LogP contribution in [-0.2, 0) is 0 Å². The summed E-state index contributed by atoms with van der Waals surface area (Å²) in [6.07, 6.45) is 0. The highest BCUT2D eigenvalue weighted by Gasteiger charge is 2.09. The Morgan fingerprint density at radius 2 is 1.56 bits per heavy atom. The number of nitrogens with two attached hydrogens (primary N) is 1. The van der Waals surface area contributed by atoms with Gasteiger partial charge in [0.2, 0.25) is 0 Å². The molecule has 0 heterocycles. The van der Waals surface area contributed by atoms with E-state index in [2.05, 4.69) is 0 Å². The van der Waals surface area contributed by atoms with Crippen LogP contribution in [0.1, 0.15) is 0 Å². The molecule has 2 N–H and O–H groups in total. The molecule has 0 saturated heterocycles. The zero-order valence-corrected chi connectivity index (χ0v) is 8.93. The Kier molecular flexibility index (Phi) is 2.79. The van der Waals surface area contributed by atoms with E-state index in [1.165, 1.54) is 12.1 Å².